The second-order valence-electron chi connectivity index (χ2n) is 6.54. The number of nitrogens with zero attached hydrogens (tertiary/aromatic N) is 1. The van der Waals surface area contributed by atoms with Gasteiger partial charge in [-0.05, 0) is 36.2 Å². The Labute approximate surface area is 164 Å². The first-order valence-corrected chi connectivity index (χ1v) is 10.8. The number of carbonyl (C=O) groups excluding carboxylic acids is 1. The Kier molecular flexibility index (Phi) is 5.61. The number of sulfone groups is 1. The van der Waals surface area contributed by atoms with Crippen LogP contribution in [-0.2, 0) is 9.84 Å². The summed E-state index contributed by atoms with van der Waals surface area (Å²) < 4.78 is 51.8. The molecule has 148 valence electrons. The zero-order valence-corrected chi connectivity index (χ0v) is 16.6. The van der Waals surface area contributed by atoms with Gasteiger partial charge in [0.15, 0.2) is 0 Å². The van der Waals surface area contributed by atoms with Crippen molar-refractivity contribution in [2.45, 2.75) is 18.2 Å². The van der Waals surface area contributed by atoms with Crippen LogP contribution in [0.1, 0.15) is 13.8 Å². The van der Waals surface area contributed by atoms with Crippen molar-refractivity contribution in [2.75, 3.05) is 16.4 Å². The van der Waals surface area contributed by atoms with Crippen molar-refractivity contribution in [3.63, 3.8) is 0 Å². The van der Waals surface area contributed by atoms with Crippen LogP contribution >= 0.6 is 11.3 Å². The lowest BCUT2D eigenvalue weighted by Gasteiger charge is -2.08. The number of urea groups is 1. The van der Waals surface area contributed by atoms with Crippen LogP contribution in [-0.4, -0.2) is 25.2 Å². The summed E-state index contributed by atoms with van der Waals surface area (Å²) in [7, 11) is -3.47. The lowest BCUT2D eigenvalue weighted by atomic mass is 10.3. The smallest absolute Gasteiger partial charge is 0.308 e. The monoisotopic (exact) mass is 425 g/mol. The maximum Gasteiger partial charge on any atom is 0.323 e. The summed E-state index contributed by atoms with van der Waals surface area (Å²) in [6.45, 7) is 3.63. The van der Waals surface area contributed by atoms with Crippen molar-refractivity contribution >= 4 is 48.8 Å². The third kappa shape index (κ3) is 4.63. The van der Waals surface area contributed by atoms with Crippen molar-refractivity contribution < 1.29 is 22.0 Å². The van der Waals surface area contributed by atoms with Gasteiger partial charge in [-0.25, -0.2) is 27.0 Å². The van der Waals surface area contributed by atoms with E-state index in [1.807, 2.05) is 13.8 Å². The summed E-state index contributed by atoms with van der Waals surface area (Å²) in [6, 6.07) is 6.82. The zero-order chi connectivity index (χ0) is 20.5. The molecule has 2 aromatic carbocycles. The Bertz CT molecular complexity index is 1140. The molecule has 10 heteroatoms. The summed E-state index contributed by atoms with van der Waals surface area (Å²) >= 11 is 1.02. The van der Waals surface area contributed by atoms with Crippen LogP contribution in [0.3, 0.4) is 0 Å². The Balaban J connectivity index is 1.78. The Morgan fingerprint density at radius 3 is 2.57 bits per heavy atom. The van der Waals surface area contributed by atoms with E-state index in [0.29, 0.717) is 22.0 Å². The van der Waals surface area contributed by atoms with Gasteiger partial charge in [0.25, 0.3) is 0 Å². The number of anilines is 2. The number of hydrogen-bond acceptors (Lipinski definition) is 5. The van der Waals surface area contributed by atoms with E-state index in [0.717, 1.165) is 23.5 Å². The predicted octanol–water partition coefficient (Wildman–Crippen LogP) is 4.65. The highest BCUT2D eigenvalue weighted by molar-refractivity contribution is 7.93. The number of nitrogens with one attached hydrogen (secondary N) is 2. The van der Waals surface area contributed by atoms with Crippen molar-refractivity contribution in [2.24, 2.45) is 5.92 Å². The van der Waals surface area contributed by atoms with Crippen molar-refractivity contribution in [1.29, 1.82) is 0 Å². The van der Waals surface area contributed by atoms with Gasteiger partial charge in [-0.15, -0.1) is 11.3 Å². The van der Waals surface area contributed by atoms with Gasteiger partial charge in [-0.2, -0.15) is 0 Å². The topological polar surface area (TPSA) is 88.2 Å². The lowest BCUT2D eigenvalue weighted by Crippen LogP contribution is -2.20. The quantitative estimate of drug-likeness (QED) is 0.623. The maximum absolute atomic E-state index is 13.6. The Morgan fingerprint density at radius 2 is 1.89 bits per heavy atom. The number of amides is 2. The minimum Gasteiger partial charge on any atom is -0.308 e. The fourth-order valence-electron chi connectivity index (χ4n) is 2.50. The second-order valence-corrected chi connectivity index (χ2v) is 9.78. The van der Waals surface area contributed by atoms with Crippen molar-refractivity contribution in [1.82, 2.24) is 4.98 Å². The molecule has 0 spiro atoms. The van der Waals surface area contributed by atoms with Gasteiger partial charge in [0, 0.05) is 11.8 Å². The predicted molar refractivity (Wildman–Crippen MR) is 106 cm³/mol. The number of carbonyl (C=O) groups is 1. The molecular weight excluding hydrogens is 408 g/mol. The Morgan fingerprint density at radius 1 is 1.14 bits per heavy atom. The number of halogens is 2. The third-order valence-corrected chi connectivity index (χ3v) is 7.18. The van der Waals surface area contributed by atoms with Gasteiger partial charge in [0.1, 0.15) is 11.6 Å². The molecule has 0 aliphatic rings. The van der Waals surface area contributed by atoms with Gasteiger partial charge < -0.3 is 10.6 Å². The van der Waals surface area contributed by atoms with Crippen LogP contribution in [0.25, 0.3) is 10.2 Å². The normalized spacial score (nSPS) is 11.8. The van der Waals surface area contributed by atoms with Gasteiger partial charge in [-0.1, -0.05) is 13.8 Å². The molecule has 0 unspecified atom stereocenters. The fourth-order valence-corrected chi connectivity index (χ4v) is 5.48. The molecule has 3 rings (SSSR count). The summed E-state index contributed by atoms with van der Waals surface area (Å²) in [6.07, 6.45) is 0. The molecule has 0 saturated heterocycles. The summed E-state index contributed by atoms with van der Waals surface area (Å²) in [5.74, 6) is -1.66. The number of hydrogen-bond donors (Lipinski definition) is 2. The number of rotatable bonds is 5. The second kappa shape index (κ2) is 7.80. The van der Waals surface area contributed by atoms with E-state index >= 15 is 0 Å². The molecular formula is C18H17F2N3O3S2. The number of thiazole rings is 1. The van der Waals surface area contributed by atoms with E-state index in [-0.39, 0.29) is 21.7 Å². The molecule has 3 aromatic rings. The van der Waals surface area contributed by atoms with Crippen LogP contribution in [0, 0.1) is 17.6 Å². The van der Waals surface area contributed by atoms with E-state index in [1.54, 1.807) is 18.2 Å². The first-order chi connectivity index (χ1) is 13.1. The largest absolute Gasteiger partial charge is 0.323 e. The maximum atomic E-state index is 13.6. The molecule has 0 saturated carbocycles. The van der Waals surface area contributed by atoms with Gasteiger partial charge >= 0.3 is 6.03 Å². The van der Waals surface area contributed by atoms with Crippen LogP contribution in [0.5, 0.6) is 0 Å². The highest BCUT2D eigenvalue weighted by Crippen LogP contribution is 2.29. The molecule has 2 amide bonds. The van der Waals surface area contributed by atoms with Crippen LogP contribution < -0.4 is 10.6 Å². The molecule has 0 aliphatic carbocycles. The van der Waals surface area contributed by atoms with Gasteiger partial charge in [0.05, 0.1) is 21.7 Å². The Hall–Kier alpha value is -2.59. The summed E-state index contributed by atoms with van der Waals surface area (Å²) in [5.41, 5.74) is 0.715. The zero-order valence-electron chi connectivity index (χ0n) is 15.0. The van der Waals surface area contributed by atoms with Gasteiger partial charge in [-0.3, -0.25) is 0 Å². The minimum atomic E-state index is -3.47. The lowest BCUT2D eigenvalue weighted by molar-refractivity contribution is 0.262. The average molecular weight is 425 g/mol. The van der Waals surface area contributed by atoms with E-state index in [4.69, 9.17) is 0 Å². The fraction of sp³-hybridized carbons (Fsp3) is 0.222. The molecule has 0 fully saturated rings. The van der Waals surface area contributed by atoms with Crippen molar-refractivity contribution in [3.05, 3.63) is 48.0 Å². The molecule has 2 N–H and O–H groups in total. The first-order valence-electron chi connectivity index (χ1n) is 8.30. The molecule has 0 atom stereocenters. The molecule has 0 bridgehead atoms. The summed E-state index contributed by atoms with van der Waals surface area (Å²) in [4.78, 5) is 16.2. The molecule has 0 aliphatic heterocycles. The molecule has 1 heterocycles. The standard InChI is InChI=1S/C18H17F2N3O3S2/c1-10(2)9-28(25,26)18-23-15-6-4-12(8-16(15)27-18)21-17(24)22-14-5-3-11(19)7-13(14)20/h3-8,10H,9H2,1-2H3,(H2,21,22,24). The van der Waals surface area contributed by atoms with Crippen LogP contribution in [0.2, 0.25) is 0 Å². The van der Waals surface area contributed by atoms with E-state index in [1.165, 1.54) is 0 Å². The highest BCUT2D eigenvalue weighted by atomic mass is 32.2. The van der Waals surface area contributed by atoms with Crippen LogP contribution in [0.15, 0.2) is 40.7 Å². The van der Waals surface area contributed by atoms with Crippen molar-refractivity contribution in [3.8, 4) is 0 Å². The SMILES string of the molecule is CC(C)CS(=O)(=O)c1nc2ccc(NC(=O)Nc3ccc(F)cc3F)cc2s1. The van der Waals surface area contributed by atoms with Crippen LogP contribution in [0.4, 0.5) is 25.0 Å². The van der Waals surface area contributed by atoms with Gasteiger partial charge in [0.2, 0.25) is 14.2 Å². The molecule has 6 nitrogen and oxygen atoms in total. The van der Waals surface area contributed by atoms with E-state index in [2.05, 4.69) is 15.6 Å². The average Bonchev–Trinajstić information content (AvgIpc) is 3.00. The third-order valence-electron chi connectivity index (χ3n) is 3.62. The van der Waals surface area contributed by atoms with E-state index < -0.39 is 27.5 Å². The summed E-state index contributed by atoms with van der Waals surface area (Å²) in [5, 5.41) is 4.81. The molecule has 1 aromatic heterocycles. The number of benzene rings is 2. The number of fused-ring (bicyclic) bond motifs is 1. The van der Waals surface area contributed by atoms with E-state index in [9.17, 15) is 22.0 Å². The molecule has 28 heavy (non-hydrogen) atoms. The first kappa shape index (κ1) is 20.2. The number of aromatic nitrogens is 1. The highest BCUT2D eigenvalue weighted by Gasteiger charge is 2.21. The molecule has 0 radical (unpaired) electrons. The minimum absolute atomic E-state index is 0.00354.